The lowest BCUT2D eigenvalue weighted by atomic mass is 9.95. The molecular formula is C17H22F3N3O2. The van der Waals surface area contributed by atoms with Gasteiger partial charge in [-0.15, -0.1) is 0 Å². The molecule has 0 atom stereocenters. The van der Waals surface area contributed by atoms with Crippen LogP contribution in [0, 0.1) is 5.92 Å². The SMILES string of the molecule is O=C(NC1CCOCC1)C1CCN(c2cc(C(F)(F)F)ccn2)CC1. The first-order valence-corrected chi connectivity index (χ1v) is 8.60. The number of anilines is 1. The Hall–Kier alpha value is -1.83. The molecule has 3 heterocycles. The first-order valence-electron chi connectivity index (χ1n) is 8.60. The predicted octanol–water partition coefficient (Wildman–Crippen LogP) is 2.61. The molecule has 0 radical (unpaired) electrons. The van der Waals surface area contributed by atoms with Crippen molar-refractivity contribution in [3.8, 4) is 0 Å². The molecule has 3 rings (SSSR count). The average Bonchev–Trinajstić information content (AvgIpc) is 2.62. The highest BCUT2D eigenvalue weighted by molar-refractivity contribution is 5.79. The van der Waals surface area contributed by atoms with Gasteiger partial charge in [-0.25, -0.2) is 4.98 Å². The molecule has 2 saturated heterocycles. The Morgan fingerprint density at radius 3 is 2.52 bits per heavy atom. The van der Waals surface area contributed by atoms with Crippen molar-refractivity contribution < 1.29 is 22.7 Å². The summed E-state index contributed by atoms with van der Waals surface area (Å²) in [6.45, 7) is 2.40. The van der Waals surface area contributed by atoms with Crippen molar-refractivity contribution in [1.29, 1.82) is 0 Å². The summed E-state index contributed by atoms with van der Waals surface area (Å²) < 4.78 is 43.7. The summed E-state index contributed by atoms with van der Waals surface area (Å²) in [4.78, 5) is 18.2. The van der Waals surface area contributed by atoms with E-state index in [1.54, 1.807) is 0 Å². The van der Waals surface area contributed by atoms with E-state index in [2.05, 4.69) is 10.3 Å². The highest BCUT2D eigenvalue weighted by Gasteiger charge is 2.32. The molecular weight excluding hydrogens is 335 g/mol. The summed E-state index contributed by atoms with van der Waals surface area (Å²) in [5.41, 5.74) is -0.697. The number of piperidine rings is 1. The third kappa shape index (κ3) is 4.62. The van der Waals surface area contributed by atoms with Crippen LogP contribution in [0.5, 0.6) is 0 Å². The highest BCUT2D eigenvalue weighted by Crippen LogP contribution is 2.31. The number of aromatic nitrogens is 1. The van der Waals surface area contributed by atoms with Gasteiger partial charge in [0.05, 0.1) is 5.56 Å². The van der Waals surface area contributed by atoms with Crippen LogP contribution in [0.2, 0.25) is 0 Å². The lowest BCUT2D eigenvalue weighted by Crippen LogP contribution is -2.45. The number of pyridine rings is 1. The second-order valence-electron chi connectivity index (χ2n) is 6.56. The number of hydrogen-bond acceptors (Lipinski definition) is 4. The first kappa shape index (κ1) is 18.0. The Morgan fingerprint density at radius 2 is 1.88 bits per heavy atom. The van der Waals surface area contributed by atoms with E-state index in [4.69, 9.17) is 4.74 Å². The fraction of sp³-hybridized carbons (Fsp3) is 0.647. The van der Waals surface area contributed by atoms with Gasteiger partial charge in [-0.2, -0.15) is 13.2 Å². The normalized spacial score (nSPS) is 20.5. The number of ether oxygens (including phenoxy) is 1. The summed E-state index contributed by atoms with van der Waals surface area (Å²) >= 11 is 0. The monoisotopic (exact) mass is 357 g/mol. The molecule has 5 nitrogen and oxygen atoms in total. The number of amides is 1. The maximum atomic E-state index is 12.8. The number of nitrogens with zero attached hydrogens (tertiary/aromatic N) is 2. The van der Waals surface area contributed by atoms with Crippen molar-refractivity contribution in [2.45, 2.75) is 37.9 Å². The summed E-state index contributed by atoms with van der Waals surface area (Å²) in [6.07, 6.45) is -0.293. The van der Waals surface area contributed by atoms with E-state index in [1.165, 1.54) is 6.20 Å². The number of halogens is 3. The molecule has 25 heavy (non-hydrogen) atoms. The van der Waals surface area contributed by atoms with E-state index in [0.717, 1.165) is 25.0 Å². The van der Waals surface area contributed by atoms with Gasteiger partial charge >= 0.3 is 6.18 Å². The van der Waals surface area contributed by atoms with Crippen LogP contribution in [-0.4, -0.2) is 43.2 Å². The maximum absolute atomic E-state index is 12.8. The van der Waals surface area contributed by atoms with E-state index in [9.17, 15) is 18.0 Å². The molecule has 2 aliphatic rings. The molecule has 138 valence electrons. The predicted molar refractivity (Wildman–Crippen MR) is 86.2 cm³/mol. The van der Waals surface area contributed by atoms with Gasteiger partial charge in [-0.1, -0.05) is 0 Å². The minimum atomic E-state index is -4.38. The fourth-order valence-corrected chi connectivity index (χ4v) is 3.30. The molecule has 1 N–H and O–H groups in total. The van der Waals surface area contributed by atoms with Crippen LogP contribution in [0.25, 0.3) is 0 Å². The number of hydrogen-bond donors (Lipinski definition) is 1. The Bertz CT molecular complexity index is 595. The minimum Gasteiger partial charge on any atom is -0.381 e. The van der Waals surface area contributed by atoms with Crippen LogP contribution in [0.1, 0.15) is 31.2 Å². The van der Waals surface area contributed by atoms with Crippen LogP contribution in [0.3, 0.4) is 0 Å². The van der Waals surface area contributed by atoms with Crippen molar-refractivity contribution in [2.24, 2.45) is 5.92 Å². The minimum absolute atomic E-state index is 0.0450. The zero-order valence-corrected chi connectivity index (χ0v) is 13.9. The molecule has 1 aromatic heterocycles. The topological polar surface area (TPSA) is 54.5 Å². The highest BCUT2D eigenvalue weighted by atomic mass is 19.4. The van der Waals surface area contributed by atoms with E-state index in [-0.39, 0.29) is 17.9 Å². The van der Waals surface area contributed by atoms with Crippen LogP contribution in [0.15, 0.2) is 18.3 Å². The number of nitrogens with one attached hydrogen (secondary N) is 1. The zero-order chi connectivity index (χ0) is 17.9. The summed E-state index contributed by atoms with van der Waals surface area (Å²) in [5.74, 6) is 0.270. The zero-order valence-electron chi connectivity index (χ0n) is 13.9. The van der Waals surface area contributed by atoms with Crippen LogP contribution < -0.4 is 10.2 Å². The first-order chi connectivity index (χ1) is 11.9. The largest absolute Gasteiger partial charge is 0.416 e. The molecule has 1 amide bonds. The standard InChI is InChI=1S/C17H22F3N3O2/c18-17(19,20)13-1-6-21-15(11-13)23-7-2-12(3-8-23)16(24)22-14-4-9-25-10-5-14/h1,6,11-12,14H,2-5,7-10H2,(H,22,24). The van der Waals surface area contributed by atoms with Gasteiger partial charge in [0, 0.05) is 44.5 Å². The molecule has 0 saturated carbocycles. The van der Waals surface area contributed by atoms with Gasteiger partial charge in [0.25, 0.3) is 0 Å². The van der Waals surface area contributed by atoms with Crippen molar-refractivity contribution >= 4 is 11.7 Å². The number of carbonyl (C=O) groups is 1. The van der Waals surface area contributed by atoms with Crippen molar-refractivity contribution in [3.05, 3.63) is 23.9 Å². The molecule has 0 aromatic carbocycles. The van der Waals surface area contributed by atoms with Gasteiger partial charge < -0.3 is 15.0 Å². The molecule has 2 fully saturated rings. The van der Waals surface area contributed by atoms with Crippen LogP contribution >= 0.6 is 0 Å². The molecule has 0 bridgehead atoms. The number of rotatable bonds is 3. The lowest BCUT2D eigenvalue weighted by Gasteiger charge is -2.33. The van der Waals surface area contributed by atoms with Crippen molar-refractivity contribution in [3.63, 3.8) is 0 Å². The maximum Gasteiger partial charge on any atom is 0.416 e. The molecule has 8 heteroatoms. The summed E-state index contributed by atoms with van der Waals surface area (Å²) in [7, 11) is 0. The Kier molecular flexibility index (Phi) is 5.46. The van der Waals surface area contributed by atoms with Gasteiger partial charge in [0.1, 0.15) is 5.82 Å². The lowest BCUT2D eigenvalue weighted by molar-refractivity contribution is -0.137. The van der Waals surface area contributed by atoms with E-state index < -0.39 is 11.7 Å². The Morgan fingerprint density at radius 1 is 1.20 bits per heavy atom. The van der Waals surface area contributed by atoms with Crippen molar-refractivity contribution in [1.82, 2.24) is 10.3 Å². The smallest absolute Gasteiger partial charge is 0.381 e. The summed E-state index contributed by atoms with van der Waals surface area (Å²) in [5, 5.41) is 3.07. The van der Waals surface area contributed by atoms with Crippen LogP contribution in [0.4, 0.5) is 19.0 Å². The van der Waals surface area contributed by atoms with E-state index in [1.807, 2.05) is 4.90 Å². The van der Waals surface area contributed by atoms with Gasteiger partial charge in [-0.3, -0.25) is 4.79 Å². The quantitative estimate of drug-likeness (QED) is 0.904. The van der Waals surface area contributed by atoms with Gasteiger partial charge in [-0.05, 0) is 37.8 Å². The summed E-state index contributed by atoms with van der Waals surface area (Å²) in [6, 6.07) is 2.21. The number of alkyl halides is 3. The Balaban J connectivity index is 1.54. The molecule has 2 aliphatic heterocycles. The van der Waals surface area contributed by atoms with Crippen molar-refractivity contribution in [2.75, 3.05) is 31.2 Å². The van der Waals surface area contributed by atoms with Gasteiger partial charge in [0.2, 0.25) is 5.91 Å². The molecule has 0 spiro atoms. The molecule has 1 aromatic rings. The van der Waals surface area contributed by atoms with Crippen LogP contribution in [-0.2, 0) is 15.7 Å². The average molecular weight is 357 g/mol. The second-order valence-corrected chi connectivity index (χ2v) is 6.56. The number of carbonyl (C=O) groups excluding carboxylic acids is 1. The van der Waals surface area contributed by atoms with E-state index >= 15 is 0 Å². The fourth-order valence-electron chi connectivity index (χ4n) is 3.30. The molecule has 0 aliphatic carbocycles. The second kappa shape index (κ2) is 7.59. The Labute approximate surface area is 144 Å². The molecule has 0 unspecified atom stereocenters. The van der Waals surface area contributed by atoms with Gasteiger partial charge in [0.15, 0.2) is 0 Å². The third-order valence-corrected chi connectivity index (χ3v) is 4.83. The van der Waals surface area contributed by atoms with E-state index in [0.29, 0.717) is 45.0 Å². The third-order valence-electron chi connectivity index (χ3n) is 4.83.